The Kier molecular flexibility index (Phi) is 2.26. The Labute approximate surface area is 64.9 Å². The largest absolute Gasteiger partial charge is 0.489 e. The minimum Gasteiger partial charge on any atom is -0.423 e. The molecular formula is C7H6BNO2. The molecule has 0 aliphatic rings. The lowest BCUT2D eigenvalue weighted by Crippen LogP contribution is -2.32. The lowest BCUT2D eigenvalue weighted by Gasteiger charge is -1.99. The molecule has 11 heavy (non-hydrogen) atoms. The first-order valence-corrected chi connectivity index (χ1v) is 3.02. The van der Waals surface area contributed by atoms with E-state index in [1.165, 1.54) is 18.5 Å². The van der Waals surface area contributed by atoms with Crippen LogP contribution in [0, 0.1) is 12.3 Å². The summed E-state index contributed by atoms with van der Waals surface area (Å²) < 4.78 is 0. The molecule has 1 rings (SSSR count). The molecular weight excluding hydrogens is 141 g/mol. The van der Waals surface area contributed by atoms with E-state index >= 15 is 0 Å². The number of rotatable bonds is 1. The molecule has 3 nitrogen and oxygen atoms in total. The van der Waals surface area contributed by atoms with Crippen molar-refractivity contribution in [2.24, 2.45) is 0 Å². The van der Waals surface area contributed by atoms with Crippen LogP contribution >= 0.6 is 0 Å². The van der Waals surface area contributed by atoms with Crippen molar-refractivity contribution >= 4 is 12.6 Å². The molecule has 4 heteroatoms. The van der Waals surface area contributed by atoms with E-state index in [1.54, 1.807) is 0 Å². The van der Waals surface area contributed by atoms with Crippen LogP contribution in [0.2, 0.25) is 0 Å². The van der Waals surface area contributed by atoms with Crippen molar-refractivity contribution in [1.82, 2.24) is 4.98 Å². The maximum atomic E-state index is 8.77. The fourth-order valence-electron chi connectivity index (χ4n) is 0.751. The summed E-state index contributed by atoms with van der Waals surface area (Å²) in [5.74, 6) is 2.29. The predicted molar refractivity (Wildman–Crippen MR) is 42.0 cm³/mol. The van der Waals surface area contributed by atoms with Crippen LogP contribution in [0.25, 0.3) is 0 Å². The Morgan fingerprint density at radius 3 is 2.73 bits per heavy atom. The number of hydrogen-bond donors (Lipinski definition) is 2. The summed E-state index contributed by atoms with van der Waals surface area (Å²) in [6.07, 6.45) is 7.94. The smallest absolute Gasteiger partial charge is 0.423 e. The summed E-state index contributed by atoms with van der Waals surface area (Å²) in [5.41, 5.74) is 0.713. The number of aromatic nitrogens is 1. The van der Waals surface area contributed by atoms with Gasteiger partial charge in [0.1, 0.15) is 0 Å². The maximum absolute atomic E-state index is 8.77. The molecule has 0 unspecified atom stereocenters. The standard InChI is InChI=1S/C7H6BNO2/c1-2-6-5-9-4-3-7(6)8(10)11/h1,3-5,10-11H. The highest BCUT2D eigenvalue weighted by atomic mass is 16.4. The monoisotopic (exact) mass is 147 g/mol. The third-order valence-corrected chi connectivity index (χ3v) is 1.29. The zero-order valence-corrected chi connectivity index (χ0v) is 5.73. The Balaban J connectivity index is 3.15. The molecule has 0 fully saturated rings. The van der Waals surface area contributed by atoms with E-state index in [0.717, 1.165) is 0 Å². The van der Waals surface area contributed by atoms with Crippen molar-refractivity contribution < 1.29 is 10.0 Å². The molecule has 0 aliphatic carbocycles. The SMILES string of the molecule is C#Cc1cnccc1B(O)O. The van der Waals surface area contributed by atoms with Crippen LogP contribution in [0.1, 0.15) is 5.56 Å². The highest BCUT2D eigenvalue weighted by Gasteiger charge is 2.13. The highest BCUT2D eigenvalue weighted by Crippen LogP contribution is 1.90. The van der Waals surface area contributed by atoms with Gasteiger partial charge in [-0.2, -0.15) is 0 Å². The van der Waals surface area contributed by atoms with Crippen molar-refractivity contribution in [3.63, 3.8) is 0 Å². The third-order valence-electron chi connectivity index (χ3n) is 1.29. The molecule has 0 radical (unpaired) electrons. The molecule has 1 heterocycles. The van der Waals surface area contributed by atoms with Gasteiger partial charge in [0.15, 0.2) is 0 Å². The first kappa shape index (κ1) is 7.80. The summed E-state index contributed by atoms with van der Waals surface area (Å²) in [4.78, 5) is 3.73. The first-order valence-electron chi connectivity index (χ1n) is 3.02. The summed E-state index contributed by atoms with van der Waals surface area (Å²) in [6, 6.07) is 1.47. The molecule has 2 N–H and O–H groups in total. The third kappa shape index (κ3) is 1.58. The Bertz CT molecular complexity index is 293. The fourth-order valence-corrected chi connectivity index (χ4v) is 0.751. The normalized spacial score (nSPS) is 8.82. The molecule has 54 valence electrons. The second-order valence-corrected chi connectivity index (χ2v) is 1.98. The quantitative estimate of drug-likeness (QED) is 0.385. The van der Waals surface area contributed by atoms with Gasteiger partial charge in [0.25, 0.3) is 0 Å². The van der Waals surface area contributed by atoms with Gasteiger partial charge in [-0.15, -0.1) is 6.42 Å². The van der Waals surface area contributed by atoms with Crippen LogP contribution in [-0.2, 0) is 0 Å². The molecule has 1 aromatic heterocycles. The number of nitrogens with zero attached hydrogens (tertiary/aromatic N) is 1. The molecule has 0 amide bonds. The van der Waals surface area contributed by atoms with Crippen LogP contribution in [0.3, 0.4) is 0 Å². The van der Waals surface area contributed by atoms with E-state index in [-0.39, 0.29) is 0 Å². The average Bonchev–Trinajstić information content (AvgIpc) is 2.04. The zero-order valence-electron chi connectivity index (χ0n) is 5.73. The van der Waals surface area contributed by atoms with Crippen LogP contribution in [0.4, 0.5) is 0 Å². The second kappa shape index (κ2) is 3.19. The molecule has 0 saturated heterocycles. The van der Waals surface area contributed by atoms with Crippen molar-refractivity contribution in [1.29, 1.82) is 0 Å². The topological polar surface area (TPSA) is 53.4 Å². The Morgan fingerprint density at radius 2 is 2.27 bits per heavy atom. The lowest BCUT2D eigenvalue weighted by molar-refractivity contribution is 0.425. The van der Waals surface area contributed by atoms with Gasteiger partial charge in [-0.05, 0) is 6.07 Å². The first-order chi connectivity index (χ1) is 5.25. The molecule has 0 aliphatic heterocycles. The summed E-state index contributed by atoms with van der Waals surface area (Å²) >= 11 is 0. The van der Waals surface area contributed by atoms with Crippen LogP contribution in [-0.4, -0.2) is 22.2 Å². The van der Waals surface area contributed by atoms with Crippen LogP contribution < -0.4 is 5.46 Å². The van der Waals surface area contributed by atoms with Crippen LogP contribution in [0.5, 0.6) is 0 Å². The van der Waals surface area contributed by atoms with Gasteiger partial charge in [-0.1, -0.05) is 5.92 Å². The predicted octanol–water partition coefficient (Wildman–Crippen LogP) is -1.26. The number of hydrogen-bond acceptors (Lipinski definition) is 3. The van der Waals surface area contributed by atoms with Crippen molar-refractivity contribution in [3.05, 3.63) is 24.0 Å². The Hall–Kier alpha value is -1.31. The molecule has 0 aromatic carbocycles. The Morgan fingerprint density at radius 1 is 1.55 bits per heavy atom. The fraction of sp³-hybridized carbons (Fsp3) is 0. The highest BCUT2D eigenvalue weighted by molar-refractivity contribution is 6.59. The van der Waals surface area contributed by atoms with Gasteiger partial charge in [0.05, 0.1) is 0 Å². The summed E-state index contributed by atoms with van der Waals surface area (Å²) in [7, 11) is -1.52. The van der Waals surface area contributed by atoms with Crippen molar-refractivity contribution in [3.8, 4) is 12.3 Å². The number of terminal acetylenes is 1. The van der Waals surface area contributed by atoms with E-state index in [1.807, 2.05) is 0 Å². The zero-order chi connectivity index (χ0) is 8.27. The molecule has 0 atom stereocenters. The van der Waals surface area contributed by atoms with Gasteiger partial charge in [0.2, 0.25) is 0 Å². The van der Waals surface area contributed by atoms with Crippen LogP contribution in [0.15, 0.2) is 18.5 Å². The lowest BCUT2D eigenvalue weighted by atomic mass is 9.78. The minimum absolute atomic E-state index is 0.308. The van der Waals surface area contributed by atoms with E-state index in [4.69, 9.17) is 16.5 Å². The molecule has 0 saturated carbocycles. The van der Waals surface area contributed by atoms with Crippen molar-refractivity contribution in [2.75, 3.05) is 0 Å². The molecule has 0 bridgehead atoms. The maximum Gasteiger partial charge on any atom is 0.489 e. The van der Waals surface area contributed by atoms with E-state index in [0.29, 0.717) is 11.0 Å². The van der Waals surface area contributed by atoms with Gasteiger partial charge in [0, 0.05) is 23.4 Å². The second-order valence-electron chi connectivity index (χ2n) is 1.98. The van der Waals surface area contributed by atoms with Gasteiger partial charge in [-0.25, -0.2) is 0 Å². The van der Waals surface area contributed by atoms with E-state index in [9.17, 15) is 0 Å². The van der Waals surface area contributed by atoms with Crippen molar-refractivity contribution in [2.45, 2.75) is 0 Å². The van der Waals surface area contributed by atoms with Gasteiger partial charge >= 0.3 is 7.12 Å². The summed E-state index contributed by atoms with van der Waals surface area (Å²) in [6.45, 7) is 0. The number of pyridine rings is 1. The summed E-state index contributed by atoms with van der Waals surface area (Å²) in [5, 5.41) is 17.5. The van der Waals surface area contributed by atoms with E-state index < -0.39 is 7.12 Å². The minimum atomic E-state index is -1.52. The van der Waals surface area contributed by atoms with Gasteiger partial charge < -0.3 is 10.0 Å². The van der Waals surface area contributed by atoms with Gasteiger partial charge in [-0.3, -0.25) is 4.98 Å². The van der Waals surface area contributed by atoms with E-state index in [2.05, 4.69) is 10.9 Å². The molecule has 0 spiro atoms. The molecule has 1 aromatic rings. The average molecular weight is 147 g/mol.